The normalized spacial score (nSPS) is 9.77. The van der Waals surface area contributed by atoms with Crippen molar-refractivity contribution in [3.05, 3.63) is 38.8 Å². The van der Waals surface area contributed by atoms with Crippen LogP contribution in [0.15, 0.2) is 38.8 Å². The molecule has 0 radical (unpaired) electrons. The molecule has 70 valence electrons. The Morgan fingerprint density at radius 3 is 2.77 bits per heavy atom. The van der Waals surface area contributed by atoms with Crippen molar-refractivity contribution in [3.63, 3.8) is 0 Å². The smallest absolute Gasteiger partial charge is 0.0502 e. The van der Waals surface area contributed by atoms with E-state index in [4.69, 9.17) is 11.6 Å². The van der Waals surface area contributed by atoms with Crippen LogP contribution in [0.5, 0.6) is 0 Å². The number of hydrogen-bond donors (Lipinski definition) is 1. The van der Waals surface area contributed by atoms with Crippen molar-refractivity contribution in [3.8, 4) is 0 Å². The summed E-state index contributed by atoms with van der Waals surface area (Å²) < 4.78 is 2.03. The Morgan fingerprint density at radius 1 is 1.46 bits per heavy atom. The highest BCUT2D eigenvalue weighted by Crippen LogP contribution is 2.26. The first-order chi connectivity index (χ1) is 6.09. The van der Waals surface area contributed by atoms with Crippen molar-refractivity contribution < 1.29 is 0 Å². The van der Waals surface area contributed by atoms with Crippen LogP contribution in [0.3, 0.4) is 0 Å². The molecular formula is C9H8Br2ClN. The number of hydrogen-bond acceptors (Lipinski definition) is 1. The summed E-state index contributed by atoms with van der Waals surface area (Å²) in [5.41, 5.74) is 0.996. The zero-order valence-electron chi connectivity index (χ0n) is 6.78. The van der Waals surface area contributed by atoms with Crippen molar-refractivity contribution in [1.29, 1.82) is 0 Å². The van der Waals surface area contributed by atoms with Gasteiger partial charge in [-0.05, 0) is 34.1 Å². The predicted molar refractivity (Wildman–Crippen MR) is 65.3 cm³/mol. The molecule has 1 aromatic rings. The summed E-state index contributed by atoms with van der Waals surface area (Å²) in [4.78, 5) is 0. The first-order valence-electron chi connectivity index (χ1n) is 3.62. The van der Waals surface area contributed by atoms with Crippen molar-refractivity contribution in [2.45, 2.75) is 0 Å². The van der Waals surface area contributed by atoms with Crippen LogP contribution in [0, 0.1) is 0 Å². The molecule has 0 spiro atoms. The number of halogens is 3. The third-order valence-electron chi connectivity index (χ3n) is 1.40. The molecule has 0 saturated carbocycles. The Labute approximate surface area is 99.4 Å². The molecule has 0 aliphatic carbocycles. The Hall–Kier alpha value is 0.01000. The van der Waals surface area contributed by atoms with Crippen molar-refractivity contribution in [2.75, 3.05) is 11.9 Å². The highest BCUT2D eigenvalue weighted by molar-refractivity contribution is 9.11. The number of rotatable bonds is 3. The molecule has 1 rings (SSSR count). The minimum atomic E-state index is 0.566. The average Bonchev–Trinajstić information content (AvgIpc) is 2.06. The van der Waals surface area contributed by atoms with E-state index >= 15 is 0 Å². The fourth-order valence-corrected chi connectivity index (χ4v) is 1.64. The van der Waals surface area contributed by atoms with Crippen molar-refractivity contribution in [1.82, 2.24) is 0 Å². The zero-order chi connectivity index (χ0) is 9.84. The van der Waals surface area contributed by atoms with Crippen LogP contribution in [0.25, 0.3) is 0 Å². The zero-order valence-corrected chi connectivity index (χ0v) is 10.7. The molecule has 0 atom stereocenters. The minimum Gasteiger partial charge on any atom is -0.379 e. The Morgan fingerprint density at radius 2 is 2.15 bits per heavy atom. The van der Waals surface area contributed by atoms with Gasteiger partial charge in [0, 0.05) is 19.7 Å². The minimum absolute atomic E-state index is 0.566. The third-order valence-corrected chi connectivity index (χ3v) is 2.72. The van der Waals surface area contributed by atoms with Gasteiger partial charge in [-0.2, -0.15) is 0 Å². The number of benzene rings is 1. The van der Waals surface area contributed by atoms with E-state index < -0.39 is 0 Å². The van der Waals surface area contributed by atoms with E-state index in [1.165, 1.54) is 0 Å². The molecule has 1 aromatic carbocycles. The highest BCUT2D eigenvalue weighted by atomic mass is 79.9. The van der Waals surface area contributed by atoms with E-state index in [1.54, 1.807) is 0 Å². The maximum atomic E-state index is 5.64. The summed E-state index contributed by atoms with van der Waals surface area (Å²) in [5.74, 6) is 0. The van der Waals surface area contributed by atoms with Crippen molar-refractivity contribution >= 4 is 49.1 Å². The first kappa shape index (κ1) is 11.1. The van der Waals surface area contributed by atoms with Crippen LogP contribution < -0.4 is 5.32 Å². The van der Waals surface area contributed by atoms with E-state index in [9.17, 15) is 0 Å². The van der Waals surface area contributed by atoms with Gasteiger partial charge in [0.25, 0.3) is 0 Å². The molecule has 0 saturated heterocycles. The number of anilines is 1. The molecule has 4 heteroatoms. The second kappa shape index (κ2) is 5.03. The van der Waals surface area contributed by atoms with Crippen LogP contribution in [-0.4, -0.2) is 6.54 Å². The van der Waals surface area contributed by atoms with Gasteiger partial charge in [-0.1, -0.05) is 34.1 Å². The molecule has 0 fully saturated rings. The Balaban J connectivity index is 2.75. The lowest BCUT2D eigenvalue weighted by Crippen LogP contribution is -2.01. The predicted octanol–water partition coefficient (Wildman–Crippen LogP) is 4.38. The summed E-state index contributed by atoms with van der Waals surface area (Å²) in [6.45, 7) is 4.16. The largest absolute Gasteiger partial charge is 0.379 e. The summed E-state index contributed by atoms with van der Waals surface area (Å²) in [7, 11) is 0. The van der Waals surface area contributed by atoms with Gasteiger partial charge in [-0.3, -0.25) is 0 Å². The first-order valence-corrected chi connectivity index (χ1v) is 5.58. The third kappa shape index (κ3) is 3.71. The molecule has 13 heavy (non-hydrogen) atoms. The summed E-state index contributed by atoms with van der Waals surface area (Å²) >= 11 is 12.4. The molecule has 0 aromatic heterocycles. The molecule has 0 aliphatic rings. The number of nitrogens with one attached hydrogen (secondary N) is 1. The van der Waals surface area contributed by atoms with Gasteiger partial charge in [0.15, 0.2) is 0 Å². The van der Waals surface area contributed by atoms with E-state index in [-0.39, 0.29) is 0 Å². The fourth-order valence-electron chi connectivity index (χ4n) is 0.824. The van der Waals surface area contributed by atoms with Gasteiger partial charge in [0.05, 0.1) is 6.54 Å². The average molecular weight is 325 g/mol. The van der Waals surface area contributed by atoms with Gasteiger partial charge in [-0.15, -0.1) is 0 Å². The molecule has 0 amide bonds. The second-order valence-corrected chi connectivity index (χ2v) is 4.80. The molecule has 1 nitrogen and oxygen atoms in total. The molecule has 0 unspecified atom stereocenters. The van der Waals surface area contributed by atoms with Crippen LogP contribution >= 0.6 is 43.5 Å². The Kier molecular flexibility index (Phi) is 4.29. The van der Waals surface area contributed by atoms with Crippen molar-refractivity contribution in [2.24, 2.45) is 0 Å². The van der Waals surface area contributed by atoms with E-state index in [0.717, 1.165) is 14.6 Å². The quantitative estimate of drug-likeness (QED) is 0.870. The Bertz CT molecular complexity index is 325. The van der Waals surface area contributed by atoms with Gasteiger partial charge in [0.2, 0.25) is 0 Å². The summed E-state index contributed by atoms with van der Waals surface area (Å²) in [5, 5.41) is 3.73. The SMILES string of the molecule is C=C(Cl)CNc1cc(Br)ccc1Br. The topological polar surface area (TPSA) is 12.0 Å². The van der Waals surface area contributed by atoms with Crippen LogP contribution in [0.1, 0.15) is 0 Å². The van der Waals surface area contributed by atoms with Crippen LogP contribution in [-0.2, 0) is 0 Å². The molecule has 0 bridgehead atoms. The maximum Gasteiger partial charge on any atom is 0.0502 e. The lowest BCUT2D eigenvalue weighted by Gasteiger charge is -2.07. The van der Waals surface area contributed by atoms with E-state index in [2.05, 4.69) is 43.8 Å². The van der Waals surface area contributed by atoms with Gasteiger partial charge in [0.1, 0.15) is 0 Å². The molecule has 0 heterocycles. The summed E-state index contributed by atoms with van der Waals surface area (Å²) in [6, 6.07) is 5.90. The highest BCUT2D eigenvalue weighted by Gasteiger charge is 1.99. The lowest BCUT2D eigenvalue weighted by molar-refractivity contribution is 1.30. The van der Waals surface area contributed by atoms with Gasteiger partial charge >= 0.3 is 0 Å². The standard InChI is InChI=1S/C9H8Br2ClN/c1-6(12)5-13-9-4-7(10)2-3-8(9)11/h2-4,13H,1,5H2. The van der Waals surface area contributed by atoms with Gasteiger partial charge in [-0.25, -0.2) is 0 Å². The lowest BCUT2D eigenvalue weighted by atomic mass is 10.3. The maximum absolute atomic E-state index is 5.64. The fraction of sp³-hybridized carbons (Fsp3) is 0.111. The second-order valence-electron chi connectivity index (χ2n) is 2.49. The van der Waals surface area contributed by atoms with Crippen LogP contribution in [0.2, 0.25) is 0 Å². The van der Waals surface area contributed by atoms with E-state index in [1.807, 2.05) is 18.2 Å². The van der Waals surface area contributed by atoms with Gasteiger partial charge < -0.3 is 5.32 Å². The van der Waals surface area contributed by atoms with E-state index in [0.29, 0.717) is 11.6 Å². The monoisotopic (exact) mass is 323 g/mol. The molecule has 1 N–H and O–H groups in total. The molecule has 0 aliphatic heterocycles. The van der Waals surface area contributed by atoms with Crippen LogP contribution in [0.4, 0.5) is 5.69 Å². The summed E-state index contributed by atoms with van der Waals surface area (Å²) in [6.07, 6.45) is 0. The molecular weight excluding hydrogens is 317 g/mol.